The van der Waals surface area contributed by atoms with Crippen molar-refractivity contribution in [2.75, 3.05) is 39.4 Å². The third-order valence-electron chi connectivity index (χ3n) is 5.71. The monoisotopic (exact) mass is 565 g/mol. The van der Waals surface area contributed by atoms with Crippen LogP contribution in [0.25, 0.3) is 0 Å². The van der Waals surface area contributed by atoms with Crippen molar-refractivity contribution in [2.24, 2.45) is 32.9 Å². The second kappa shape index (κ2) is 16.2. The normalized spacial score (nSPS) is 15.2. The SMILES string of the molecule is NC(N)=NCCC[C@@H](/C=C/S(=O)(=O)c1ccccc1)NC(=O)[C@H](CCCN=C(N)N)NC(=O)N1CCOCC1. The number of guanidine groups is 2. The minimum absolute atomic E-state index is 0.0653. The smallest absolute Gasteiger partial charge is 0.318 e. The molecule has 216 valence electrons. The average Bonchev–Trinajstić information content (AvgIpc) is 2.91. The molecule has 1 heterocycles. The Morgan fingerprint density at radius 2 is 1.54 bits per heavy atom. The average molecular weight is 566 g/mol. The Bertz CT molecular complexity index is 1110. The number of nitrogens with zero attached hydrogens (tertiary/aromatic N) is 3. The van der Waals surface area contributed by atoms with Crippen molar-refractivity contribution in [1.82, 2.24) is 15.5 Å². The number of hydrogen-bond donors (Lipinski definition) is 6. The molecule has 2 rings (SSSR count). The highest BCUT2D eigenvalue weighted by atomic mass is 32.2. The molecule has 39 heavy (non-hydrogen) atoms. The lowest BCUT2D eigenvalue weighted by atomic mass is 10.1. The van der Waals surface area contributed by atoms with Crippen molar-refractivity contribution in [2.45, 2.75) is 42.7 Å². The first-order valence-electron chi connectivity index (χ1n) is 12.6. The van der Waals surface area contributed by atoms with Crippen LogP contribution in [0.5, 0.6) is 0 Å². The maximum Gasteiger partial charge on any atom is 0.318 e. The molecule has 0 radical (unpaired) electrons. The molecular formula is C24H39N9O5S. The highest BCUT2D eigenvalue weighted by Crippen LogP contribution is 2.13. The molecule has 1 fully saturated rings. The van der Waals surface area contributed by atoms with Crippen molar-refractivity contribution in [3.63, 3.8) is 0 Å². The largest absolute Gasteiger partial charge is 0.378 e. The number of ether oxygens (including phenoxy) is 1. The number of nitrogens with one attached hydrogen (secondary N) is 2. The molecule has 0 spiro atoms. The standard InChI is InChI=1S/C24H39N9O5S/c25-22(26)29-11-4-6-18(10-17-39(36,37)19-7-2-1-3-8-19)31-21(34)20(9-5-12-30-23(27)28)32-24(35)33-13-15-38-16-14-33/h1-3,7-8,10,17-18,20H,4-6,9,11-16H2,(H,31,34)(H,32,35)(H4,25,26,29)(H4,27,28,30)/b17-10+/t18-,20-/m0/s1. The van der Waals surface area contributed by atoms with Gasteiger partial charge in [-0.25, -0.2) is 13.2 Å². The zero-order valence-electron chi connectivity index (χ0n) is 21.9. The van der Waals surface area contributed by atoms with Gasteiger partial charge in [0.15, 0.2) is 21.8 Å². The van der Waals surface area contributed by atoms with E-state index in [4.69, 9.17) is 27.7 Å². The van der Waals surface area contributed by atoms with Crippen LogP contribution in [0.3, 0.4) is 0 Å². The van der Waals surface area contributed by atoms with Crippen molar-refractivity contribution in [3.8, 4) is 0 Å². The number of benzene rings is 1. The Hall–Kier alpha value is -3.85. The molecule has 14 nitrogen and oxygen atoms in total. The quantitative estimate of drug-likeness (QED) is 0.0918. The van der Waals surface area contributed by atoms with Gasteiger partial charge in [-0.2, -0.15) is 0 Å². The number of carbonyl (C=O) groups excluding carboxylic acids is 2. The fraction of sp³-hybridized carbons (Fsp3) is 0.500. The van der Waals surface area contributed by atoms with E-state index in [0.717, 1.165) is 5.41 Å². The lowest BCUT2D eigenvalue weighted by Gasteiger charge is -2.29. The van der Waals surface area contributed by atoms with E-state index in [1.165, 1.54) is 18.2 Å². The van der Waals surface area contributed by atoms with Gasteiger partial charge in [-0.15, -0.1) is 0 Å². The zero-order valence-corrected chi connectivity index (χ0v) is 22.7. The first kappa shape index (κ1) is 31.4. The van der Waals surface area contributed by atoms with Gasteiger partial charge in [0.25, 0.3) is 0 Å². The van der Waals surface area contributed by atoms with Crippen molar-refractivity contribution in [3.05, 3.63) is 41.8 Å². The number of urea groups is 1. The van der Waals surface area contributed by atoms with E-state index >= 15 is 0 Å². The van der Waals surface area contributed by atoms with E-state index in [0.29, 0.717) is 52.1 Å². The van der Waals surface area contributed by atoms with Crippen LogP contribution in [0.15, 0.2) is 56.7 Å². The van der Waals surface area contributed by atoms with Gasteiger partial charge < -0.3 is 43.2 Å². The van der Waals surface area contributed by atoms with Crippen LogP contribution >= 0.6 is 0 Å². The number of carbonyl (C=O) groups is 2. The van der Waals surface area contributed by atoms with Crippen LogP contribution in [0.1, 0.15) is 25.7 Å². The van der Waals surface area contributed by atoms with Gasteiger partial charge in [-0.1, -0.05) is 24.3 Å². The van der Waals surface area contributed by atoms with Crippen molar-refractivity contribution >= 4 is 33.7 Å². The van der Waals surface area contributed by atoms with Gasteiger partial charge in [0, 0.05) is 37.6 Å². The van der Waals surface area contributed by atoms with Crippen LogP contribution < -0.4 is 33.6 Å². The Labute approximate surface area is 228 Å². The summed E-state index contributed by atoms with van der Waals surface area (Å²) in [4.78, 5) is 35.7. The van der Waals surface area contributed by atoms with Crippen LogP contribution in [0, 0.1) is 0 Å². The maximum atomic E-state index is 13.3. The summed E-state index contributed by atoms with van der Waals surface area (Å²) in [5.41, 5.74) is 21.5. The van der Waals surface area contributed by atoms with Crippen molar-refractivity contribution in [1.29, 1.82) is 0 Å². The third kappa shape index (κ3) is 12.0. The van der Waals surface area contributed by atoms with Crippen molar-refractivity contribution < 1.29 is 22.7 Å². The van der Waals surface area contributed by atoms with Gasteiger partial charge >= 0.3 is 6.03 Å². The summed E-state index contributed by atoms with van der Waals surface area (Å²) in [7, 11) is -3.74. The number of amides is 3. The minimum Gasteiger partial charge on any atom is -0.378 e. The molecule has 1 aromatic rings. The molecule has 1 aromatic carbocycles. The number of rotatable bonds is 14. The second-order valence-electron chi connectivity index (χ2n) is 8.80. The Kier molecular flexibility index (Phi) is 13.0. The van der Waals surface area contributed by atoms with E-state index < -0.39 is 33.9 Å². The zero-order chi connectivity index (χ0) is 28.7. The summed E-state index contributed by atoms with van der Waals surface area (Å²) in [5.74, 6) is -0.613. The Morgan fingerprint density at radius 3 is 2.13 bits per heavy atom. The number of morpholine rings is 1. The lowest BCUT2D eigenvalue weighted by molar-refractivity contribution is -0.123. The first-order valence-corrected chi connectivity index (χ1v) is 14.2. The molecule has 0 aromatic heterocycles. The number of sulfone groups is 1. The third-order valence-corrected chi connectivity index (χ3v) is 7.16. The molecule has 1 saturated heterocycles. The molecule has 0 saturated carbocycles. The fourth-order valence-corrected chi connectivity index (χ4v) is 4.78. The summed E-state index contributed by atoms with van der Waals surface area (Å²) in [5, 5.41) is 6.68. The summed E-state index contributed by atoms with van der Waals surface area (Å²) >= 11 is 0. The summed E-state index contributed by atoms with van der Waals surface area (Å²) < 4.78 is 30.8. The molecule has 2 atom stereocenters. The molecule has 15 heteroatoms. The van der Waals surface area contributed by atoms with Gasteiger partial charge in [0.1, 0.15) is 6.04 Å². The van der Waals surface area contributed by atoms with E-state index in [1.807, 2.05) is 0 Å². The van der Waals surface area contributed by atoms with Crippen LogP contribution in [-0.2, 0) is 19.4 Å². The summed E-state index contributed by atoms with van der Waals surface area (Å²) in [6.07, 6.45) is 2.91. The van der Waals surface area contributed by atoms with Gasteiger partial charge in [0.05, 0.1) is 18.1 Å². The molecule has 0 bridgehead atoms. The second-order valence-corrected chi connectivity index (χ2v) is 10.6. The highest BCUT2D eigenvalue weighted by molar-refractivity contribution is 7.94. The van der Waals surface area contributed by atoms with E-state index in [1.54, 1.807) is 23.1 Å². The van der Waals surface area contributed by atoms with Gasteiger partial charge in [0.2, 0.25) is 5.91 Å². The molecule has 1 aliphatic heterocycles. The van der Waals surface area contributed by atoms with Gasteiger partial charge in [-0.05, 0) is 37.8 Å². The summed E-state index contributed by atoms with van der Waals surface area (Å²) in [6.45, 7) is 2.20. The van der Waals surface area contributed by atoms with Crippen LogP contribution in [-0.4, -0.2) is 88.7 Å². The lowest BCUT2D eigenvalue weighted by Crippen LogP contribution is -2.54. The number of hydrogen-bond acceptors (Lipinski definition) is 7. The molecular weight excluding hydrogens is 526 g/mol. The van der Waals surface area contributed by atoms with E-state index in [9.17, 15) is 18.0 Å². The molecule has 0 unspecified atom stereocenters. The molecule has 1 aliphatic rings. The van der Waals surface area contributed by atoms with E-state index in [2.05, 4.69) is 20.6 Å². The van der Waals surface area contributed by atoms with Crippen LogP contribution in [0.4, 0.5) is 4.79 Å². The fourth-order valence-electron chi connectivity index (χ4n) is 3.69. The predicted molar refractivity (Wildman–Crippen MR) is 149 cm³/mol. The minimum atomic E-state index is -3.74. The topological polar surface area (TPSA) is 234 Å². The summed E-state index contributed by atoms with van der Waals surface area (Å²) in [6, 6.07) is 5.96. The molecule has 10 N–H and O–H groups in total. The highest BCUT2D eigenvalue weighted by Gasteiger charge is 2.26. The number of aliphatic imine (C=N–C) groups is 2. The first-order chi connectivity index (χ1) is 18.6. The van der Waals surface area contributed by atoms with Gasteiger partial charge in [-0.3, -0.25) is 14.8 Å². The molecule has 0 aliphatic carbocycles. The Morgan fingerprint density at radius 1 is 0.949 bits per heavy atom. The maximum absolute atomic E-state index is 13.3. The molecule has 3 amide bonds. The van der Waals surface area contributed by atoms with E-state index in [-0.39, 0.29) is 29.8 Å². The number of nitrogens with two attached hydrogens (primary N) is 4. The Balaban J connectivity index is 2.17. The van der Waals surface area contributed by atoms with Crippen LogP contribution in [0.2, 0.25) is 0 Å². The predicted octanol–water partition coefficient (Wildman–Crippen LogP) is -1.02.